The molecule has 0 saturated heterocycles. The molecule has 4 N–H and O–H groups in total. The second-order valence-corrected chi connectivity index (χ2v) is 4.11. The molecule has 0 unspecified atom stereocenters. The third kappa shape index (κ3) is 2.43. The van der Waals surface area contributed by atoms with E-state index < -0.39 is 0 Å². The predicted octanol–water partition coefficient (Wildman–Crippen LogP) is 1.58. The van der Waals surface area contributed by atoms with Gasteiger partial charge < -0.3 is 16.0 Å². The van der Waals surface area contributed by atoms with Crippen LogP contribution in [-0.2, 0) is 6.42 Å². The van der Waals surface area contributed by atoms with Gasteiger partial charge in [-0.25, -0.2) is 0 Å². The lowest BCUT2D eigenvalue weighted by Gasteiger charge is -2.03. The number of fused-ring (bicyclic) bond motifs is 1. The van der Waals surface area contributed by atoms with Crippen molar-refractivity contribution in [2.75, 3.05) is 13.1 Å². The first kappa shape index (κ1) is 12.4. The average molecular weight is 243 g/mol. The number of benzene rings is 1. The summed E-state index contributed by atoms with van der Waals surface area (Å²) >= 11 is 0. The quantitative estimate of drug-likeness (QED) is 0.698. The minimum Gasteiger partial charge on any atom is -0.361 e. The molecule has 1 aromatic carbocycles. The number of carbonyl (C=O) groups excluding carboxylic acids is 1. The van der Waals surface area contributed by atoms with E-state index in [4.69, 9.17) is 5.73 Å². The van der Waals surface area contributed by atoms with Crippen LogP contribution in [0.5, 0.6) is 0 Å². The molecule has 0 aliphatic carbocycles. The van der Waals surface area contributed by atoms with Crippen LogP contribution in [-0.4, -0.2) is 24.0 Å². The Kier molecular flexibility index (Phi) is 3.79. The lowest BCUT2D eigenvalue weighted by Crippen LogP contribution is -2.23. The highest BCUT2D eigenvalue weighted by atomic mass is 16.1. The fraction of sp³-hybridized carbons (Fsp3) is 0.214. The zero-order chi connectivity index (χ0) is 13.0. The van der Waals surface area contributed by atoms with E-state index in [-0.39, 0.29) is 5.91 Å². The molecule has 2 aromatic rings. The van der Waals surface area contributed by atoms with Crippen LogP contribution in [0.3, 0.4) is 0 Å². The molecule has 0 spiro atoms. The summed E-state index contributed by atoms with van der Waals surface area (Å²) in [5, 5.41) is 3.83. The second kappa shape index (κ2) is 5.51. The van der Waals surface area contributed by atoms with E-state index in [1.807, 2.05) is 24.4 Å². The van der Waals surface area contributed by atoms with Gasteiger partial charge in [-0.05, 0) is 36.7 Å². The van der Waals surface area contributed by atoms with E-state index in [2.05, 4.69) is 16.9 Å². The number of aromatic nitrogens is 1. The monoisotopic (exact) mass is 243 g/mol. The first-order chi connectivity index (χ1) is 8.76. The zero-order valence-electron chi connectivity index (χ0n) is 10.2. The third-order valence-electron chi connectivity index (χ3n) is 2.85. The number of nitrogens with two attached hydrogens (primary N) is 1. The Morgan fingerprint density at radius 2 is 2.33 bits per heavy atom. The molecule has 94 valence electrons. The first-order valence-electron chi connectivity index (χ1n) is 5.95. The van der Waals surface area contributed by atoms with Crippen LogP contribution in [0.1, 0.15) is 15.9 Å². The molecule has 2 rings (SSSR count). The van der Waals surface area contributed by atoms with Gasteiger partial charge in [0.25, 0.3) is 5.91 Å². The molecule has 18 heavy (non-hydrogen) atoms. The van der Waals surface area contributed by atoms with Crippen LogP contribution in [0.15, 0.2) is 37.1 Å². The molecule has 0 fully saturated rings. The highest BCUT2D eigenvalue weighted by molar-refractivity contribution is 5.98. The van der Waals surface area contributed by atoms with Crippen molar-refractivity contribution in [2.24, 2.45) is 5.73 Å². The Morgan fingerprint density at radius 1 is 1.50 bits per heavy atom. The highest BCUT2D eigenvalue weighted by Crippen LogP contribution is 2.20. The van der Waals surface area contributed by atoms with Gasteiger partial charge in [-0.15, -0.1) is 6.58 Å². The maximum Gasteiger partial charge on any atom is 0.251 e. The third-order valence-corrected chi connectivity index (χ3v) is 2.85. The average Bonchev–Trinajstić information content (AvgIpc) is 2.79. The van der Waals surface area contributed by atoms with Gasteiger partial charge >= 0.3 is 0 Å². The van der Waals surface area contributed by atoms with Gasteiger partial charge in [0.05, 0.1) is 0 Å². The molecule has 4 heteroatoms. The molecular weight excluding hydrogens is 226 g/mol. The number of amides is 1. The van der Waals surface area contributed by atoms with Gasteiger partial charge in [0.2, 0.25) is 0 Å². The summed E-state index contributed by atoms with van der Waals surface area (Å²) < 4.78 is 0. The lowest BCUT2D eigenvalue weighted by molar-refractivity contribution is 0.0958. The maximum absolute atomic E-state index is 11.8. The molecule has 1 amide bonds. The zero-order valence-corrected chi connectivity index (χ0v) is 10.2. The predicted molar refractivity (Wildman–Crippen MR) is 73.6 cm³/mol. The van der Waals surface area contributed by atoms with Crippen molar-refractivity contribution in [1.82, 2.24) is 10.3 Å². The largest absolute Gasteiger partial charge is 0.361 e. The standard InChI is InChI=1S/C14H17N3O/c1-2-7-16-14(18)10-3-4-13-12(8-10)11(5-6-15)9-17-13/h2-4,8-9,17H,1,5-7,15H2,(H,16,18). The summed E-state index contributed by atoms with van der Waals surface area (Å²) in [4.78, 5) is 15.0. The summed E-state index contributed by atoms with van der Waals surface area (Å²) in [7, 11) is 0. The van der Waals surface area contributed by atoms with Gasteiger partial charge in [-0.1, -0.05) is 6.08 Å². The molecule has 0 atom stereocenters. The topological polar surface area (TPSA) is 70.9 Å². The number of hydrogen-bond donors (Lipinski definition) is 3. The van der Waals surface area contributed by atoms with E-state index in [1.165, 1.54) is 0 Å². The summed E-state index contributed by atoms with van der Waals surface area (Å²) in [6.07, 6.45) is 4.41. The van der Waals surface area contributed by atoms with Crippen LogP contribution >= 0.6 is 0 Å². The summed E-state index contributed by atoms with van der Waals surface area (Å²) in [6.45, 7) is 4.64. The molecule has 0 aliphatic rings. The number of nitrogens with one attached hydrogen (secondary N) is 2. The lowest BCUT2D eigenvalue weighted by atomic mass is 10.1. The number of aromatic amines is 1. The van der Waals surface area contributed by atoms with Crippen molar-refractivity contribution in [3.8, 4) is 0 Å². The SMILES string of the molecule is C=CCNC(=O)c1ccc2[nH]cc(CCN)c2c1. The maximum atomic E-state index is 11.8. The van der Waals surface area contributed by atoms with Gasteiger partial charge in [-0.2, -0.15) is 0 Å². The molecule has 0 radical (unpaired) electrons. The summed E-state index contributed by atoms with van der Waals surface area (Å²) in [6, 6.07) is 5.62. The Balaban J connectivity index is 2.32. The second-order valence-electron chi connectivity index (χ2n) is 4.11. The number of hydrogen-bond acceptors (Lipinski definition) is 2. The summed E-state index contributed by atoms with van der Waals surface area (Å²) in [5.74, 6) is -0.0864. The van der Waals surface area contributed by atoms with Crippen LogP contribution in [0.2, 0.25) is 0 Å². The fourth-order valence-electron chi connectivity index (χ4n) is 1.95. The Morgan fingerprint density at radius 3 is 3.06 bits per heavy atom. The van der Waals surface area contributed by atoms with Gasteiger partial charge in [0.1, 0.15) is 0 Å². The van der Waals surface area contributed by atoms with Crippen molar-refractivity contribution < 1.29 is 4.79 Å². The molecule has 1 aromatic heterocycles. The van der Waals surface area contributed by atoms with Gasteiger partial charge in [0.15, 0.2) is 0 Å². The highest BCUT2D eigenvalue weighted by Gasteiger charge is 2.08. The molecule has 0 saturated carbocycles. The van der Waals surface area contributed by atoms with Crippen LogP contribution < -0.4 is 11.1 Å². The van der Waals surface area contributed by atoms with Crippen molar-refractivity contribution in [2.45, 2.75) is 6.42 Å². The molecule has 4 nitrogen and oxygen atoms in total. The first-order valence-corrected chi connectivity index (χ1v) is 5.95. The van der Waals surface area contributed by atoms with Gasteiger partial charge in [-0.3, -0.25) is 4.79 Å². The molecule has 0 aliphatic heterocycles. The van der Waals surface area contributed by atoms with Crippen LogP contribution in [0, 0.1) is 0 Å². The van der Waals surface area contributed by atoms with E-state index in [0.717, 1.165) is 22.9 Å². The fourth-order valence-corrected chi connectivity index (χ4v) is 1.95. The van der Waals surface area contributed by atoms with E-state index >= 15 is 0 Å². The number of carbonyl (C=O) groups is 1. The number of rotatable bonds is 5. The Hall–Kier alpha value is -2.07. The number of H-pyrrole nitrogens is 1. The van der Waals surface area contributed by atoms with Crippen LogP contribution in [0.25, 0.3) is 10.9 Å². The van der Waals surface area contributed by atoms with E-state index in [9.17, 15) is 4.79 Å². The van der Waals surface area contributed by atoms with Gasteiger partial charge in [0, 0.05) is 29.2 Å². The minimum absolute atomic E-state index is 0.0864. The van der Waals surface area contributed by atoms with Crippen molar-refractivity contribution in [1.29, 1.82) is 0 Å². The van der Waals surface area contributed by atoms with Crippen LogP contribution in [0.4, 0.5) is 0 Å². The van der Waals surface area contributed by atoms with Crippen molar-refractivity contribution >= 4 is 16.8 Å². The van der Waals surface area contributed by atoms with Crippen molar-refractivity contribution in [3.63, 3.8) is 0 Å². The molecule has 1 heterocycles. The summed E-state index contributed by atoms with van der Waals surface area (Å²) in [5.41, 5.74) is 8.40. The normalized spacial score (nSPS) is 10.5. The van der Waals surface area contributed by atoms with E-state index in [1.54, 1.807) is 6.08 Å². The minimum atomic E-state index is -0.0864. The molecule has 0 bridgehead atoms. The smallest absolute Gasteiger partial charge is 0.251 e. The Bertz CT molecular complexity index is 571. The molecular formula is C14H17N3O. The Labute approximate surface area is 106 Å². The van der Waals surface area contributed by atoms with E-state index in [0.29, 0.717) is 18.7 Å². The van der Waals surface area contributed by atoms with Crippen molar-refractivity contribution in [3.05, 3.63) is 48.2 Å².